The lowest BCUT2D eigenvalue weighted by atomic mass is 10.2. The second kappa shape index (κ2) is 9.65. The average Bonchev–Trinajstić information content (AvgIpc) is 3.25. The Hall–Kier alpha value is -3.03. The van der Waals surface area contributed by atoms with Crippen molar-refractivity contribution >= 4 is 35.1 Å². The van der Waals surface area contributed by atoms with E-state index in [4.69, 9.17) is 4.42 Å². The second-order valence-corrected chi connectivity index (χ2v) is 8.81. The Morgan fingerprint density at radius 1 is 0.900 bits per heavy atom. The lowest BCUT2D eigenvalue weighted by molar-refractivity contribution is -0.115. The predicted molar refractivity (Wildman–Crippen MR) is 121 cm³/mol. The van der Waals surface area contributed by atoms with Gasteiger partial charge in [-0.05, 0) is 43.3 Å². The molecule has 0 saturated carbocycles. The third-order valence-electron chi connectivity index (χ3n) is 4.19. The summed E-state index contributed by atoms with van der Waals surface area (Å²) in [6, 6.07) is 27.4. The van der Waals surface area contributed by atoms with Gasteiger partial charge in [0.15, 0.2) is 0 Å². The molecule has 1 N–H and O–H groups in total. The monoisotopic (exact) mass is 433 g/mol. The maximum absolute atomic E-state index is 12.8. The molecule has 0 aliphatic heterocycles. The van der Waals surface area contributed by atoms with Gasteiger partial charge in [0.2, 0.25) is 11.8 Å². The minimum absolute atomic E-state index is 0.124. The summed E-state index contributed by atoms with van der Waals surface area (Å²) in [6.45, 7) is 1.82. The molecule has 0 saturated heterocycles. The molecule has 150 valence electrons. The fourth-order valence-electron chi connectivity index (χ4n) is 2.67. The summed E-state index contributed by atoms with van der Waals surface area (Å²) in [4.78, 5) is 14.9. The van der Waals surface area contributed by atoms with Crippen molar-refractivity contribution in [2.24, 2.45) is 0 Å². The molecule has 4 aromatic rings. The molecule has 1 aromatic heterocycles. The number of nitrogens with zero attached hydrogens (tertiary/aromatic N) is 2. The highest BCUT2D eigenvalue weighted by molar-refractivity contribution is 8.00. The molecule has 1 heterocycles. The van der Waals surface area contributed by atoms with Crippen molar-refractivity contribution < 1.29 is 9.21 Å². The molecule has 0 aliphatic carbocycles. The number of aromatic nitrogens is 2. The molecular weight excluding hydrogens is 414 g/mol. The molecular formula is C23H19N3O2S2. The van der Waals surface area contributed by atoms with E-state index >= 15 is 0 Å². The van der Waals surface area contributed by atoms with Gasteiger partial charge in [-0.2, -0.15) is 0 Å². The number of thioether (sulfide) groups is 1. The Morgan fingerprint density at radius 3 is 2.33 bits per heavy atom. The number of amides is 1. The molecule has 0 bridgehead atoms. The van der Waals surface area contributed by atoms with Crippen LogP contribution in [0.4, 0.5) is 5.69 Å². The van der Waals surface area contributed by atoms with Crippen LogP contribution in [-0.4, -0.2) is 21.4 Å². The number of hydrogen-bond acceptors (Lipinski definition) is 6. The zero-order valence-electron chi connectivity index (χ0n) is 16.2. The fraction of sp³-hybridized carbons (Fsp3) is 0.0870. The van der Waals surface area contributed by atoms with E-state index < -0.39 is 5.25 Å². The van der Waals surface area contributed by atoms with Crippen LogP contribution in [0.15, 0.2) is 104 Å². The van der Waals surface area contributed by atoms with Crippen LogP contribution in [0.1, 0.15) is 6.92 Å². The predicted octanol–water partition coefficient (Wildman–Crippen LogP) is 6.01. The topological polar surface area (TPSA) is 68.0 Å². The van der Waals surface area contributed by atoms with Gasteiger partial charge in [-0.3, -0.25) is 4.79 Å². The van der Waals surface area contributed by atoms with Crippen LogP contribution in [0, 0.1) is 0 Å². The van der Waals surface area contributed by atoms with E-state index in [0.29, 0.717) is 11.1 Å². The number of rotatable bonds is 7. The van der Waals surface area contributed by atoms with Gasteiger partial charge in [-0.15, -0.1) is 10.2 Å². The highest BCUT2D eigenvalue weighted by Crippen LogP contribution is 2.34. The normalized spacial score (nSPS) is 11.8. The van der Waals surface area contributed by atoms with Crippen molar-refractivity contribution in [2.75, 3.05) is 5.32 Å². The first kappa shape index (κ1) is 20.3. The van der Waals surface area contributed by atoms with E-state index in [0.717, 1.165) is 21.0 Å². The van der Waals surface area contributed by atoms with E-state index in [-0.39, 0.29) is 5.91 Å². The van der Waals surface area contributed by atoms with Crippen molar-refractivity contribution in [3.63, 3.8) is 0 Å². The van der Waals surface area contributed by atoms with Gasteiger partial charge >= 0.3 is 0 Å². The molecule has 3 aromatic carbocycles. The van der Waals surface area contributed by atoms with E-state index in [2.05, 4.69) is 15.5 Å². The molecule has 0 unspecified atom stereocenters. The van der Waals surface area contributed by atoms with E-state index in [1.807, 2.05) is 91.9 Å². The molecule has 7 heteroatoms. The summed E-state index contributed by atoms with van der Waals surface area (Å²) in [7, 11) is 0. The Bertz CT molecular complexity index is 1120. The third kappa shape index (κ3) is 5.11. The molecule has 0 spiro atoms. The van der Waals surface area contributed by atoms with Crippen molar-refractivity contribution in [1.82, 2.24) is 10.2 Å². The molecule has 0 radical (unpaired) electrons. The molecule has 5 nitrogen and oxygen atoms in total. The van der Waals surface area contributed by atoms with Gasteiger partial charge in [-0.25, -0.2) is 0 Å². The lowest BCUT2D eigenvalue weighted by Crippen LogP contribution is -2.22. The Balaban J connectivity index is 1.41. The van der Waals surface area contributed by atoms with Gasteiger partial charge in [0.05, 0.1) is 10.9 Å². The molecule has 0 aliphatic rings. The van der Waals surface area contributed by atoms with E-state index in [1.165, 1.54) is 11.8 Å². The summed E-state index contributed by atoms with van der Waals surface area (Å²) in [5, 5.41) is 11.1. The molecule has 0 fully saturated rings. The Kier molecular flexibility index (Phi) is 6.51. The number of carbonyl (C=O) groups excluding carboxylic acids is 1. The summed E-state index contributed by atoms with van der Waals surface area (Å²) in [6.07, 6.45) is 0. The SMILES string of the molecule is C[C@H](Sc1nnc(-c2ccccc2)o1)C(=O)Nc1ccccc1Sc1ccccc1. The van der Waals surface area contributed by atoms with Crippen LogP contribution >= 0.6 is 23.5 Å². The summed E-state index contributed by atoms with van der Waals surface area (Å²) in [5.41, 5.74) is 1.63. The number of benzene rings is 3. The minimum Gasteiger partial charge on any atom is -0.411 e. The van der Waals surface area contributed by atoms with Gasteiger partial charge in [0.1, 0.15) is 0 Å². The number of hydrogen-bond donors (Lipinski definition) is 1. The smallest absolute Gasteiger partial charge is 0.277 e. The summed E-state index contributed by atoms with van der Waals surface area (Å²) in [5.74, 6) is 0.316. The van der Waals surface area contributed by atoms with Gasteiger partial charge < -0.3 is 9.73 Å². The highest BCUT2D eigenvalue weighted by Gasteiger charge is 2.20. The number of para-hydroxylation sites is 1. The van der Waals surface area contributed by atoms with Crippen LogP contribution in [-0.2, 0) is 4.79 Å². The third-order valence-corrected chi connectivity index (χ3v) is 6.21. The maximum atomic E-state index is 12.8. The average molecular weight is 434 g/mol. The van der Waals surface area contributed by atoms with E-state index in [1.54, 1.807) is 11.8 Å². The first-order valence-electron chi connectivity index (χ1n) is 9.37. The van der Waals surface area contributed by atoms with Crippen LogP contribution in [0.25, 0.3) is 11.5 Å². The molecule has 1 amide bonds. The number of nitrogens with one attached hydrogen (secondary N) is 1. The quantitative estimate of drug-likeness (QED) is 0.360. The zero-order chi connectivity index (χ0) is 20.8. The van der Waals surface area contributed by atoms with Crippen molar-refractivity contribution in [3.05, 3.63) is 84.9 Å². The minimum atomic E-state index is -0.399. The Morgan fingerprint density at radius 2 is 1.57 bits per heavy atom. The second-order valence-electron chi connectivity index (χ2n) is 6.40. The van der Waals surface area contributed by atoms with Gasteiger partial charge in [-0.1, -0.05) is 72.1 Å². The first-order chi connectivity index (χ1) is 14.7. The zero-order valence-corrected chi connectivity index (χ0v) is 17.8. The van der Waals surface area contributed by atoms with Crippen LogP contribution in [0.5, 0.6) is 0 Å². The van der Waals surface area contributed by atoms with E-state index in [9.17, 15) is 4.79 Å². The summed E-state index contributed by atoms with van der Waals surface area (Å²) >= 11 is 2.85. The van der Waals surface area contributed by atoms with Crippen LogP contribution in [0.2, 0.25) is 0 Å². The van der Waals surface area contributed by atoms with Crippen molar-refractivity contribution in [2.45, 2.75) is 27.2 Å². The number of carbonyl (C=O) groups is 1. The van der Waals surface area contributed by atoms with Crippen LogP contribution in [0.3, 0.4) is 0 Å². The number of anilines is 1. The fourth-order valence-corrected chi connectivity index (χ4v) is 4.27. The van der Waals surface area contributed by atoms with Crippen molar-refractivity contribution in [1.29, 1.82) is 0 Å². The standard InChI is InChI=1S/C23H19N3O2S2/c1-16(29-23-26-25-22(28-23)17-10-4-2-5-11-17)21(27)24-19-14-8-9-15-20(19)30-18-12-6-3-7-13-18/h2-16H,1H3,(H,24,27)/t16-/m0/s1. The Labute approximate surface area is 183 Å². The summed E-state index contributed by atoms with van der Waals surface area (Å²) < 4.78 is 5.70. The lowest BCUT2D eigenvalue weighted by Gasteiger charge is -2.13. The maximum Gasteiger partial charge on any atom is 0.277 e. The highest BCUT2D eigenvalue weighted by atomic mass is 32.2. The molecule has 4 rings (SSSR count). The molecule has 30 heavy (non-hydrogen) atoms. The first-order valence-corrected chi connectivity index (χ1v) is 11.1. The largest absolute Gasteiger partial charge is 0.411 e. The van der Waals surface area contributed by atoms with Gasteiger partial charge in [0.25, 0.3) is 5.22 Å². The molecule has 1 atom stereocenters. The van der Waals surface area contributed by atoms with Crippen LogP contribution < -0.4 is 5.32 Å². The van der Waals surface area contributed by atoms with Gasteiger partial charge in [0, 0.05) is 15.4 Å². The van der Waals surface area contributed by atoms with Crippen molar-refractivity contribution in [3.8, 4) is 11.5 Å².